The number of fused-ring (bicyclic) bond motifs is 1. The van der Waals surface area contributed by atoms with Crippen LogP contribution in [0.15, 0.2) is 61.6 Å². The van der Waals surface area contributed by atoms with E-state index in [1.54, 1.807) is 43.5 Å². The highest BCUT2D eigenvalue weighted by Gasteiger charge is 2.15. The summed E-state index contributed by atoms with van der Waals surface area (Å²) in [6, 6.07) is 10.6. The monoisotopic (exact) mass is 397 g/mol. The molecule has 4 aromatic rings. The maximum Gasteiger partial charge on any atom is 0.328 e. The number of hydrogen-bond acceptors (Lipinski definition) is 8. The van der Waals surface area contributed by atoms with Gasteiger partial charge in [-0.2, -0.15) is 4.98 Å². The molecule has 0 aliphatic heterocycles. The Balaban J connectivity index is 1.61. The van der Waals surface area contributed by atoms with Gasteiger partial charge in [-0.1, -0.05) is 29.1 Å². The summed E-state index contributed by atoms with van der Waals surface area (Å²) in [5.74, 6) is 0.712. The molecule has 0 aliphatic carbocycles. The minimum atomic E-state index is -0.347. The van der Waals surface area contributed by atoms with Gasteiger partial charge < -0.3 is 8.94 Å². The Morgan fingerprint density at radius 1 is 1.21 bits per heavy atom. The predicted octanol–water partition coefficient (Wildman–Crippen LogP) is 2.46. The van der Waals surface area contributed by atoms with Crippen LogP contribution in [0.1, 0.15) is 11.6 Å². The van der Waals surface area contributed by atoms with E-state index in [0.29, 0.717) is 27.6 Å². The van der Waals surface area contributed by atoms with Gasteiger partial charge in [0.25, 0.3) is 5.56 Å². The van der Waals surface area contributed by atoms with Crippen molar-refractivity contribution in [1.29, 1.82) is 0 Å². The molecular formula is C18H15N5O4S. The molecule has 1 aromatic carbocycles. The van der Waals surface area contributed by atoms with Crippen LogP contribution in [-0.2, 0) is 11.3 Å². The third kappa shape index (κ3) is 3.81. The Bertz CT molecular complexity index is 1180. The molecule has 0 saturated carbocycles. The number of anilines is 1. The molecule has 1 N–H and O–H groups in total. The summed E-state index contributed by atoms with van der Waals surface area (Å²) >= 11 is 1.14. The number of furan rings is 1. The highest BCUT2D eigenvalue weighted by Crippen LogP contribution is 2.19. The fraction of sp³-hybridized carbons (Fsp3) is 0.167. The zero-order valence-corrected chi connectivity index (χ0v) is 15.6. The van der Waals surface area contributed by atoms with Crippen molar-refractivity contribution in [3.05, 3.63) is 64.6 Å². The predicted molar refractivity (Wildman–Crippen MR) is 102 cm³/mol. The summed E-state index contributed by atoms with van der Waals surface area (Å²) in [5, 5.41) is 7.05. The third-order valence-corrected chi connectivity index (χ3v) is 4.80. The largest absolute Gasteiger partial charge is 0.467 e. The molecule has 9 nitrogen and oxygen atoms in total. The van der Waals surface area contributed by atoms with Crippen LogP contribution >= 0.6 is 11.8 Å². The van der Waals surface area contributed by atoms with E-state index in [2.05, 4.69) is 20.4 Å². The first-order valence-electron chi connectivity index (χ1n) is 8.35. The average molecular weight is 397 g/mol. The van der Waals surface area contributed by atoms with Gasteiger partial charge in [-0.25, -0.2) is 4.98 Å². The van der Waals surface area contributed by atoms with Gasteiger partial charge in [0.05, 0.1) is 29.5 Å². The Kier molecular flexibility index (Phi) is 4.94. The molecule has 0 fully saturated rings. The Labute approximate surface area is 162 Å². The lowest BCUT2D eigenvalue weighted by molar-refractivity contribution is -0.114. The summed E-state index contributed by atoms with van der Waals surface area (Å²) in [7, 11) is 0. The topological polar surface area (TPSA) is 116 Å². The minimum Gasteiger partial charge on any atom is -0.467 e. The van der Waals surface area contributed by atoms with Gasteiger partial charge in [0, 0.05) is 0 Å². The summed E-state index contributed by atoms with van der Waals surface area (Å²) in [4.78, 5) is 33.6. The normalized spacial score (nSPS) is 11.0. The lowest BCUT2D eigenvalue weighted by Gasteiger charge is -2.11. The van der Waals surface area contributed by atoms with Crippen molar-refractivity contribution in [3.8, 4) is 0 Å². The Morgan fingerprint density at radius 3 is 2.82 bits per heavy atom. The van der Waals surface area contributed by atoms with Crippen LogP contribution in [0.25, 0.3) is 10.9 Å². The smallest absolute Gasteiger partial charge is 0.328 e. The van der Waals surface area contributed by atoms with Gasteiger partial charge in [-0.15, -0.1) is 0 Å². The summed E-state index contributed by atoms with van der Waals surface area (Å²) in [5.41, 5.74) is 0.371. The molecule has 0 unspecified atom stereocenters. The SMILES string of the molecule is Cc1noc(NC(=O)CSc2nc3ccccc3c(=O)n2Cc2ccco2)n1. The van der Waals surface area contributed by atoms with Crippen LogP contribution in [0.2, 0.25) is 0 Å². The molecular weight excluding hydrogens is 382 g/mol. The zero-order chi connectivity index (χ0) is 19.5. The van der Waals surface area contributed by atoms with E-state index in [4.69, 9.17) is 8.94 Å². The molecule has 1 amide bonds. The number of carbonyl (C=O) groups is 1. The first-order valence-corrected chi connectivity index (χ1v) is 9.33. The Hall–Kier alpha value is -3.40. The number of nitrogens with zero attached hydrogens (tertiary/aromatic N) is 4. The van der Waals surface area contributed by atoms with Crippen LogP contribution < -0.4 is 10.9 Å². The van der Waals surface area contributed by atoms with Crippen LogP contribution in [-0.4, -0.2) is 31.4 Å². The molecule has 0 spiro atoms. The molecule has 28 heavy (non-hydrogen) atoms. The molecule has 3 heterocycles. The van der Waals surface area contributed by atoms with Crippen molar-refractivity contribution in [2.24, 2.45) is 0 Å². The molecule has 0 atom stereocenters. The van der Waals surface area contributed by atoms with Crippen LogP contribution in [0.3, 0.4) is 0 Å². The van der Waals surface area contributed by atoms with Gasteiger partial charge in [0.2, 0.25) is 5.91 Å². The number of amides is 1. The van der Waals surface area contributed by atoms with Crippen LogP contribution in [0.5, 0.6) is 0 Å². The lowest BCUT2D eigenvalue weighted by atomic mass is 10.2. The first-order chi connectivity index (χ1) is 13.6. The summed E-state index contributed by atoms with van der Waals surface area (Å²) < 4.78 is 11.7. The van der Waals surface area contributed by atoms with Crippen molar-refractivity contribution >= 4 is 34.6 Å². The minimum absolute atomic E-state index is 0.0182. The van der Waals surface area contributed by atoms with Gasteiger partial charge in [0.1, 0.15) is 5.76 Å². The molecule has 0 radical (unpaired) electrons. The second-order valence-electron chi connectivity index (χ2n) is 5.87. The molecule has 0 saturated heterocycles. The van der Waals surface area contributed by atoms with Crippen molar-refractivity contribution in [1.82, 2.24) is 19.7 Å². The first kappa shape index (κ1) is 18.0. The average Bonchev–Trinajstić information content (AvgIpc) is 3.34. The van der Waals surface area contributed by atoms with E-state index in [-0.39, 0.29) is 29.8 Å². The number of thioether (sulfide) groups is 1. The standard InChI is InChI=1S/C18H15N5O4S/c1-11-19-17(27-22-11)21-15(24)10-28-18-20-14-7-3-2-6-13(14)16(25)23(18)9-12-5-4-8-26-12/h2-8H,9-10H2,1H3,(H,19,21,22,24). The van der Waals surface area contributed by atoms with E-state index in [0.717, 1.165) is 11.8 Å². The van der Waals surface area contributed by atoms with Gasteiger partial charge in [-0.3, -0.25) is 19.5 Å². The van der Waals surface area contributed by atoms with Crippen molar-refractivity contribution < 1.29 is 13.7 Å². The number of aromatic nitrogens is 4. The van der Waals surface area contributed by atoms with Gasteiger partial charge in [0.15, 0.2) is 11.0 Å². The summed E-state index contributed by atoms with van der Waals surface area (Å²) in [6.45, 7) is 1.87. The van der Waals surface area contributed by atoms with Crippen molar-refractivity contribution in [2.75, 3.05) is 11.1 Å². The highest BCUT2D eigenvalue weighted by atomic mass is 32.2. The van der Waals surface area contributed by atoms with E-state index < -0.39 is 0 Å². The molecule has 4 rings (SSSR count). The number of rotatable bonds is 6. The van der Waals surface area contributed by atoms with E-state index in [1.165, 1.54) is 4.57 Å². The van der Waals surface area contributed by atoms with Gasteiger partial charge in [-0.05, 0) is 31.2 Å². The number of benzene rings is 1. The maximum absolute atomic E-state index is 12.9. The molecule has 3 aromatic heterocycles. The number of nitrogens with one attached hydrogen (secondary N) is 1. The molecule has 0 aliphatic rings. The number of carbonyl (C=O) groups excluding carboxylic acids is 1. The molecule has 10 heteroatoms. The van der Waals surface area contributed by atoms with Crippen molar-refractivity contribution in [3.63, 3.8) is 0 Å². The third-order valence-electron chi connectivity index (χ3n) is 3.83. The Morgan fingerprint density at radius 2 is 2.07 bits per heavy atom. The van der Waals surface area contributed by atoms with Crippen LogP contribution in [0, 0.1) is 6.92 Å². The van der Waals surface area contributed by atoms with Crippen molar-refractivity contribution in [2.45, 2.75) is 18.6 Å². The highest BCUT2D eigenvalue weighted by molar-refractivity contribution is 7.99. The number of aryl methyl sites for hydroxylation is 1. The zero-order valence-electron chi connectivity index (χ0n) is 14.8. The summed E-state index contributed by atoms with van der Waals surface area (Å²) in [6.07, 6.45) is 1.54. The number of para-hydroxylation sites is 1. The van der Waals surface area contributed by atoms with E-state index in [1.807, 2.05) is 6.07 Å². The second-order valence-corrected chi connectivity index (χ2v) is 6.81. The fourth-order valence-electron chi connectivity index (χ4n) is 2.59. The quantitative estimate of drug-likeness (QED) is 0.390. The maximum atomic E-state index is 12.9. The van der Waals surface area contributed by atoms with E-state index >= 15 is 0 Å². The fourth-order valence-corrected chi connectivity index (χ4v) is 3.39. The van der Waals surface area contributed by atoms with Crippen LogP contribution in [0.4, 0.5) is 6.01 Å². The molecule has 142 valence electrons. The molecule has 0 bridgehead atoms. The lowest BCUT2D eigenvalue weighted by Crippen LogP contribution is -2.24. The van der Waals surface area contributed by atoms with Gasteiger partial charge >= 0.3 is 6.01 Å². The number of hydrogen-bond donors (Lipinski definition) is 1. The second kappa shape index (κ2) is 7.69. The van der Waals surface area contributed by atoms with E-state index in [9.17, 15) is 9.59 Å².